The highest BCUT2D eigenvalue weighted by Crippen LogP contribution is 2.40. The van der Waals surface area contributed by atoms with E-state index in [1.807, 2.05) is 0 Å². The lowest BCUT2D eigenvalue weighted by molar-refractivity contribution is -0.137. The monoisotopic (exact) mass is 425 g/mol. The summed E-state index contributed by atoms with van der Waals surface area (Å²) in [6.45, 7) is 11.5. The van der Waals surface area contributed by atoms with E-state index in [1.165, 1.54) is 12.1 Å². The maximum Gasteiger partial charge on any atom is 0.416 e. The Labute approximate surface area is 180 Å². The van der Waals surface area contributed by atoms with Crippen LogP contribution in [0.25, 0.3) is 0 Å². The lowest BCUT2D eigenvalue weighted by Gasteiger charge is -2.45. The Morgan fingerprint density at radius 3 is 2.27 bits per heavy atom. The van der Waals surface area contributed by atoms with Gasteiger partial charge < -0.3 is 4.79 Å². The largest absolute Gasteiger partial charge is 0.416 e. The molecule has 2 rings (SSSR count). The molecule has 0 aromatic heterocycles. The number of alkyl halides is 3. The average molecular weight is 426 g/mol. The Morgan fingerprint density at radius 2 is 1.77 bits per heavy atom. The number of halogens is 3. The molecule has 30 heavy (non-hydrogen) atoms. The van der Waals surface area contributed by atoms with E-state index in [1.54, 1.807) is 19.1 Å². The fourth-order valence-electron chi connectivity index (χ4n) is 4.72. The number of Topliss-reactive ketones (excluding diaryl/α,β-unsaturated/α-hetero) is 1. The molecule has 1 heterocycles. The predicted octanol–water partition coefficient (Wildman–Crippen LogP) is 7.43. The van der Waals surface area contributed by atoms with Crippen LogP contribution >= 0.6 is 0 Å². The number of carbonyl (C=O) groups excluding carboxylic acids is 1. The Bertz CT molecular complexity index is 675. The minimum atomic E-state index is -4.32. The minimum absolute atomic E-state index is 0.0712. The lowest BCUT2D eigenvalue weighted by Crippen LogP contribution is -2.44. The second kappa shape index (κ2) is 10.3. The van der Waals surface area contributed by atoms with Crippen molar-refractivity contribution in [2.24, 2.45) is 11.3 Å². The molecule has 5 heteroatoms. The number of ketones is 1. The van der Waals surface area contributed by atoms with Crippen molar-refractivity contribution in [1.82, 2.24) is 4.90 Å². The molecule has 0 N–H and O–H groups in total. The number of rotatable bonds is 8. The van der Waals surface area contributed by atoms with Crippen molar-refractivity contribution in [3.63, 3.8) is 0 Å². The SMILES string of the molecule is CCC[C@@H](CCC(C)(C)C)N1CC[C@@H](CC(C)=O)C[C@H]1c1ccc(C(F)(F)F)cc1. The number of benzene rings is 1. The predicted molar refractivity (Wildman–Crippen MR) is 116 cm³/mol. The highest BCUT2D eigenvalue weighted by molar-refractivity contribution is 5.75. The van der Waals surface area contributed by atoms with Gasteiger partial charge >= 0.3 is 6.18 Å². The van der Waals surface area contributed by atoms with E-state index in [0.29, 0.717) is 18.4 Å². The van der Waals surface area contributed by atoms with Crippen LogP contribution < -0.4 is 0 Å². The number of piperidine rings is 1. The van der Waals surface area contributed by atoms with Gasteiger partial charge in [0.1, 0.15) is 5.78 Å². The minimum Gasteiger partial charge on any atom is -0.300 e. The zero-order valence-corrected chi connectivity index (χ0v) is 19.2. The second-order valence-electron chi connectivity index (χ2n) is 10.2. The molecule has 0 bridgehead atoms. The molecule has 1 aliphatic rings. The van der Waals surface area contributed by atoms with Crippen molar-refractivity contribution in [1.29, 1.82) is 0 Å². The van der Waals surface area contributed by atoms with Crippen LogP contribution in [0.3, 0.4) is 0 Å². The van der Waals surface area contributed by atoms with E-state index < -0.39 is 11.7 Å². The summed E-state index contributed by atoms with van der Waals surface area (Å²) < 4.78 is 39.1. The lowest BCUT2D eigenvalue weighted by atomic mass is 9.81. The van der Waals surface area contributed by atoms with E-state index >= 15 is 0 Å². The van der Waals surface area contributed by atoms with Crippen LogP contribution in [0.15, 0.2) is 24.3 Å². The van der Waals surface area contributed by atoms with E-state index in [2.05, 4.69) is 32.6 Å². The molecule has 0 amide bonds. The highest BCUT2D eigenvalue weighted by atomic mass is 19.4. The Kier molecular flexibility index (Phi) is 8.55. The first kappa shape index (κ1) is 24.9. The Balaban J connectivity index is 2.29. The molecule has 0 unspecified atom stereocenters. The molecule has 2 nitrogen and oxygen atoms in total. The Morgan fingerprint density at radius 1 is 1.13 bits per heavy atom. The molecule has 1 saturated heterocycles. The molecule has 1 aromatic carbocycles. The van der Waals surface area contributed by atoms with E-state index in [-0.39, 0.29) is 17.2 Å². The van der Waals surface area contributed by atoms with Crippen LogP contribution in [0.1, 0.15) is 96.7 Å². The summed E-state index contributed by atoms with van der Waals surface area (Å²) in [5.41, 5.74) is 0.586. The first-order chi connectivity index (χ1) is 13.9. The maximum atomic E-state index is 13.0. The van der Waals surface area contributed by atoms with Crippen molar-refractivity contribution in [3.8, 4) is 0 Å². The van der Waals surface area contributed by atoms with Crippen molar-refractivity contribution >= 4 is 5.78 Å². The molecule has 3 atom stereocenters. The van der Waals surface area contributed by atoms with Crippen molar-refractivity contribution in [2.45, 2.75) is 97.8 Å². The number of carbonyl (C=O) groups is 1. The summed E-state index contributed by atoms with van der Waals surface area (Å²) in [6, 6.07) is 6.17. The molecule has 1 aromatic rings. The maximum absolute atomic E-state index is 13.0. The molecule has 0 aliphatic carbocycles. The molecule has 0 saturated carbocycles. The fourth-order valence-corrected chi connectivity index (χ4v) is 4.72. The van der Waals surface area contributed by atoms with Gasteiger partial charge in [-0.2, -0.15) is 13.2 Å². The fraction of sp³-hybridized carbons (Fsp3) is 0.720. The third-order valence-electron chi connectivity index (χ3n) is 6.27. The first-order valence-electron chi connectivity index (χ1n) is 11.3. The smallest absolute Gasteiger partial charge is 0.300 e. The summed E-state index contributed by atoms with van der Waals surface area (Å²) in [4.78, 5) is 14.2. The van der Waals surface area contributed by atoms with Crippen LogP contribution in [-0.4, -0.2) is 23.3 Å². The molecule has 1 aliphatic heterocycles. The molecule has 170 valence electrons. The summed E-state index contributed by atoms with van der Waals surface area (Å²) in [6.07, 6.45) is 2.43. The van der Waals surface area contributed by atoms with Crippen LogP contribution in [0.2, 0.25) is 0 Å². The summed E-state index contributed by atoms with van der Waals surface area (Å²) >= 11 is 0. The average Bonchev–Trinajstić information content (AvgIpc) is 2.63. The van der Waals surface area contributed by atoms with Gasteiger partial charge in [0.05, 0.1) is 5.56 Å². The number of likely N-dealkylation sites (tertiary alicyclic amines) is 1. The van der Waals surface area contributed by atoms with Crippen LogP contribution in [0.5, 0.6) is 0 Å². The molecule has 0 spiro atoms. The van der Waals surface area contributed by atoms with E-state index in [0.717, 1.165) is 50.6 Å². The second-order valence-corrected chi connectivity index (χ2v) is 10.2. The normalized spacial score (nSPS) is 22.1. The third kappa shape index (κ3) is 7.40. The van der Waals surface area contributed by atoms with Crippen LogP contribution in [0, 0.1) is 11.3 Å². The van der Waals surface area contributed by atoms with Gasteiger partial charge in [0.25, 0.3) is 0 Å². The van der Waals surface area contributed by atoms with Gasteiger partial charge in [-0.1, -0.05) is 46.2 Å². The third-order valence-corrected chi connectivity index (χ3v) is 6.27. The number of hydrogen-bond donors (Lipinski definition) is 0. The van der Waals surface area contributed by atoms with Gasteiger partial charge in [-0.05, 0) is 74.6 Å². The quantitative estimate of drug-likeness (QED) is 0.431. The molecular weight excluding hydrogens is 387 g/mol. The molecule has 1 fully saturated rings. The Hall–Kier alpha value is -1.36. The first-order valence-corrected chi connectivity index (χ1v) is 11.3. The van der Waals surface area contributed by atoms with E-state index in [4.69, 9.17) is 0 Å². The molecular formula is C25H38F3NO. The van der Waals surface area contributed by atoms with Gasteiger partial charge in [-0.25, -0.2) is 0 Å². The van der Waals surface area contributed by atoms with Gasteiger partial charge in [-0.3, -0.25) is 4.90 Å². The van der Waals surface area contributed by atoms with Crippen molar-refractivity contribution in [2.75, 3.05) is 6.54 Å². The highest BCUT2D eigenvalue weighted by Gasteiger charge is 2.35. The van der Waals surface area contributed by atoms with Gasteiger partial charge in [0, 0.05) is 18.5 Å². The summed E-state index contributed by atoms with van der Waals surface area (Å²) in [5.74, 6) is 0.494. The van der Waals surface area contributed by atoms with Gasteiger partial charge in [0.15, 0.2) is 0 Å². The number of hydrogen-bond acceptors (Lipinski definition) is 2. The standard InChI is InChI=1S/C25H38F3NO/c1-6-7-22(12-14-24(3,4)5)29-15-13-19(16-18(2)30)17-23(29)20-8-10-21(11-9-20)25(26,27)28/h8-11,19,22-23H,6-7,12-17H2,1-5H3/t19-,22-,23-/m0/s1. The van der Waals surface area contributed by atoms with Crippen LogP contribution in [0.4, 0.5) is 13.2 Å². The summed E-state index contributed by atoms with van der Waals surface area (Å²) in [7, 11) is 0. The zero-order valence-electron chi connectivity index (χ0n) is 19.2. The van der Waals surface area contributed by atoms with Gasteiger partial charge in [0.2, 0.25) is 0 Å². The van der Waals surface area contributed by atoms with Crippen molar-refractivity contribution < 1.29 is 18.0 Å². The van der Waals surface area contributed by atoms with E-state index in [9.17, 15) is 18.0 Å². The zero-order chi connectivity index (χ0) is 22.5. The molecule has 0 radical (unpaired) electrons. The van der Waals surface area contributed by atoms with Gasteiger partial charge in [-0.15, -0.1) is 0 Å². The van der Waals surface area contributed by atoms with Crippen LogP contribution in [-0.2, 0) is 11.0 Å². The summed E-state index contributed by atoms with van der Waals surface area (Å²) in [5, 5.41) is 0. The van der Waals surface area contributed by atoms with Crippen molar-refractivity contribution in [3.05, 3.63) is 35.4 Å². The topological polar surface area (TPSA) is 20.3 Å². The number of nitrogens with zero attached hydrogens (tertiary/aromatic N) is 1.